The quantitative estimate of drug-likeness (QED) is 0.699. The van der Waals surface area contributed by atoms with Crippen LogP contribution in [0.2, 0.25) is 0 Å². The number of hydrogen-bond donors (Lipinski definition) is 2. The molecule has 1 saturated heterocycles. The number of amides is 1. The lowest BCUT2D eigenvalue weighted by Crippen LogP contribution is -2.58. The normalized spacial score (nSPS) is 34.7. The summed E-state index contributed by atoms with van der Waals surface area (Å²) >= 11 is 0. The highest BCUT2D eigenvalue weighted by atomic mass is 16.2. The van der Waals surface area contributed by atoms with Crippen molar-refractivity contribution >= 4 is 5.91 Å². The van der Waals surface area contributed by atoms with Crippen LogP contribution in [0.25, 0.3) is 0 Å². The predicted molar refractivity (Wildman–Crippen MR) is 65.2 cm³/mol. The fraction of sp³-hybridized carbons (Fsp3) is 0.769. The minimum Gasteiger partial charge on any atom is -0.351 e. The molecule has 0 aromatic heterocycles. The molecule has 2 N–H and O–H groups in total. The number of carbonyl (C=O) groups is 1. The van der Waals surface area contributed by atoms with Crippen molar-refractivity contribution in [1.82, 2.24) is 10.6 Å². The van der Waals surface area contributed by atoms with Gasteiger partial charge in [0.15, 0.2) is 0 Å². The van der Waals surface area contributed by atoms with Crippen molar-refractivity contribution in [3.05, 3.63) is 12.2 Å². The fourth-order valence-electron chi connectivity index (χ4n) is 2.52. The summed E-state index contributed by atoms with van der Waals surface area (Å²) in [5.41, 5.74) is -0.334. The summed E-state index contributed by atoms with van der Waals surface area (Å²) in [5.74, 6) is 0.188. The molecule has 0 saturated carbocycles. The van der Waals surface area contributed by atoms with Crippen molar-refractivity contribution < 1.29 is 4.79 Å². The molecule has 0 spiro atoms. The van der Waals surface area contributed by atoms with E-state index in [1.165, 1.54) is 6.42 Å². The van der Waals surface area contributed by atoms with E-state index < -0.39 is 0 Å². The molecule has 1 fully saturated rings. The second-order valence-electron chi connectivity index (χ2n) is 5.17. The Hall–Kier alpha value is -0.830. The van der Waals surface area contributed by atoms with Gasteiger partial charge in [-0.3, -0.25) is 4.79 Å². The average Bonchev–Trinajstić information content (AvgIpc) is 2.31. The van der Waals surface area contributed by atoms with E-state index in [-0.39, 0.29) is 11.4 Å². The molecule has 0 aromatic rings. The van der Waals surface area contributed by atoms with Crippen molar-refractivity contribution in [2.24, 2.45) is 0 Å². The van der Waals surface area contributed by atoms with Gasteiger partial charge in [-0.05, 0) is 52.0 Å². The number of hydrogen-bond acceptors (Lipinski definition) is 2. The lowest BCUT2D eigenvalue weighted by atomic mass is 9.89. The Balaban J connectivity index is 1.88. The first-order chi connectivity index (χ1) is 7.71. The molecule has 0 aromatic carbocycles. The summed E-state index contributed by atoms with van der Waals surface area (Å²) in [6.45, 7) is 2.99. The van der Waals surface area contributed by atoms with Crippen LogP contribution in [-0.2, 0) is 4.79 Å². The molecule has 0 radical (unpaired) electrons. The van der Waals surface area contributed by atoms with Gasteiger partial charge in [-0.2, -0.15) is 0 Å². The lowest BCUT2D eigenvalue weighted by molar-refractivity contribution is -0.128. The molecule has 1 amide bonds. The van der Waals surface area contributed by atoms with Crippen LogP contribution in [0.3, 0.4) is 0 Å². The molecule has 2 atom stereocenters. The van der Waals surface area contributed by atoms with E-state index >= 15 is 0 Å². The molecule has 3 nitrogen and oxygen atoms in total. The van der Waals surface area contributed by atoms with E-state index in [2.05, 4.69) is 22.8 Å². The Morgan fingerprint density at radius 1 is 1.44 bits per heavy atom. The summed E-state index contributed by atoms with van der Waals surface area (Å²) in [6, 6.07) is 0.345. The number of rotatable bonds is 2. The first kappa shape index (κ1) is 11.6. The Kier molecular flexibility index (Phi) is 3.64. The van der Waals surface area contributed by atoms with Crippen molar-refractivity contribution in [3.63, 3.8) is 0 Å². The van der Waals surface area contributed by atoms with Gasteiger partial charge in [-0.1, -0.05) is 12.2 Å². The van der Waals surface area contributed by atoms with Gasteiger partial charge >= 0.3 is 0 Å². The van der Waals surface area contributed by atoms with Crippen molar-refractivity contribution in [3.8, 4) is 0 Å². The van der Waals surface area contributed by atoms with Crippen LogP contribution in [0.5, 0.6) is 0 Å². The van der Waals surface area contributed by atoms with Gasteiger partial charge < -0.3 is 10.6 Å². The Morgan fingerprint density at radius 3 is 2.94 bits per heavy atom. The van der Waals surface area contributed by atoms with Crippen LogP contribution in [-0.4, -0.2) is 24.0 Å². The zero-order valence-corrected chi connectivity index (χ0v) is 10.1. The number of nitrogens with one attached hydrogen (secondary N) is 2. The molecule has 16 heavy (non-hydrogen) atoms. The van der Waals surface area contributed by atoms with Crippen LogP contribution in [0.1, 0.15) is 45.4 Å². The van der Waals surface area contributed by atoms with Gasteiger partial charge in [0.1, 0.15) is 0 Å². The molecule has 2 rings (SSSR count). The third-order valence-electron chi connectivity index (χ3n) is 3.72. The molecule has 3 heteroatoms. The first-order valence-electron chi connectivity index (χ1n) is 6.42. The average molecular weight is 222 g/mol. The summed E-state index contributed by atoms with van der Waals surface area (Å²) in [4.78, 5) is 12.2. The molecule has 1 aliphatic carbocycles. The minimum atomic E-state index is -0.334. The second-order valence-corrected chi connectivity index (χ2v) is 5.17. The van der Waals surface area contributed by atoms with Crippen LogP contribution in [0, 0.1) is 0 Å². The zero-order valence-electron chi connectivity index (χ0n) is 10.1. The van der Waals surface area contributed by atoms with Crippen LogP contribution in [0.15, 0.2) is 12.2 Å². The molecular weight excluding hydrogens is 200 g/mol. The van der Waals surface area contributed by atoms with Gasteiger partial charge in [-0.15, -0.1) is 0 Å². The Labute approximate surface area is 97.7 Å². The van der Waals surface area contributed by atoms with E-state index in [0.29, 0.717) is 6.04 Å². The second kappa shape index (κ2) is 5.00. The molecular formula is C13H22N2O. The maximum atomic E-state index is 12.2. The van der Waals surface area contributed by atoms with Crippen molar-refractivity contribution in [1.29, 1.82) is 0 Å². The largest absolute Gasteiger partial charge is 0.351 e. The van der Waals surface area contributed by atoms with E-state index in [1.54, 1.807) is 0 Å². The summed E-state index contributed by atoms with van der Waals surface area (Å²) in [5, 5.41) is 6.53. The summed E-state index contributed by atoms with van der Waals surface area (Å²) in [6.07, 6.45) is 10.8. The molecule has 2 aliphatic rings. The molecule has 1 heterocycles. The monoisotopic (exact) mass is 222 g/mol. The highest BCUT2D eigenvalue weighted by molar-refractivity contribution is 5.86. The number of allylic oxidation sites excluding steroid dienone is 1. The topological polar surface area (TPSA) is 41.1 Å². The Bertz CT molecular complexity index is 280. The van der Waals surface area contributed by atoms with Crippen molar-refractivity contribution in [2.45, 2.75) is 57.0 Å². The highest BCUT2D eigenvalue weighted by Crippen LogP contribution is 2.20. The molecule has 2 unspecified atom stereocenters. The van der Waals surface area contributed by atoms with Gasteiger partial charge in [0.2, 0.25) is 5.91 Å². The first-order valence-corrected chi connectivity index (χ1v) is 6.42. The SMILES string of the molecule is CC1(C(=O)NC2CC=CCC2)CCCCN1. The van der Waals surface area contributed by atoms with Gasteiger partial charge in [0.25, 0.3) is 0 Å². The third-order valence-corrected chi connectivity index (χ3v) is 3.72. The smallest absolute Gasteiger partial charge is 0.240 e. The van der Waals surface area contributed by atoms with Gasteiger partial charge in [0, 0.05) is 6.04 Å². The van der Waals surface area contributed by atoms with Crippen LogP contribution in [0.4, 0.5) is 0 Å². The van der Waals surface area contributed by atoms with E-state index in [9.17, 15) is 4.79 Å². The van der Waals surface area contributed by atoms with Gasteiger partial charge in [0.05, 0.1) is 5.54 Å². The lowest BCUT2D eigenvalue weighted by Gasteiger charge is -2.35. The third kappa shape index (κ3) is 2.64. The van der Waals surface area contributed by atoms with E-state index in [4.69, 9.17) is 0 Å². The highest BCUT2D eigenvalue weighted by Gasteiger charge is 2.35. The van der Waals surface area contributed by atoms with Gasteiger partial charge in [-0.25, -0.2) is 0 Å². The number of carbonyl (C=O) groups excluding carboxylic acids is 1. The van der Waals surface area contributed by atoms with E-state index in [1.807, 2.05) is 6.92 Å². The summed E-state index contributed by atoms with van der Waals surface area (Å²) in [7, 11) is 0. The van der Waals surface area contributed by atoms with Crippen LogP contribution >= 0.6 is 0 Å². The van der Waals surface area contributed by atoms with Crippen LogP contribution < -0.4 is 10.6 Å². The van der Waals surface area contributed by atoms with Crippen molar-refractivity contribution in [2.75, 3.05) is 6.54 Å². The standard InChI is InChI=1S/C13H22N2O/c1-13(9-5-6-10-14-13)12(16)15-11-7-3-2-4-8-11/h2-3,11,14H,4-10H2,1H3,(H,15,16). The molecule has 1 aliphatic heterocycles. The fourth-order valence-corrected chi connectivity index (χ4v) is 2.52. The molecule has 0 bridgehead atoms. The van der Waals surface area contributed by atoms with E-state index in [0.717, 1.165) is 38.6 Å². The maximum absolute atomic E-state index is 12.2. The molecule has 90 valence electrons. The predicted octanol–water partition coefficient (Wildman–Crippen LogP) is 1.74. The maximum Gasteiger partial charge on any atom is 0.240 e. The summed E-state index contributed by atoms with van der Waals surface area (Å²) < 4.78 is 0. The minimum absolute atomic E-state index is 0.188. The Morgan fingerprint density at radius 2 is 2.31 bits per heavy atom. The zero-order chi connectivity index (χ0) is 11.4. The number of piperidine rings is 1.